The Morgan fingerprint density at radius 2 is 1.76 bits per heavy atom. The number of hydrogen-bond acceptors (Lipinski definition) is 4. The molecule has 0 unspecified atom stereocenters. The van der Waals surface area contributed by atoms with Gasteiger partial charge in [0.05, 0.1) is 27.9 Å². The summed E-state index contributed by atoms with van der Waals surface area (Å²) >= 11 is 0. The van der Waals surface area contributed by atoms with Crippen LogP contribution in [0.25, 0.3) is 5.76 Å². The molecule has 0 spiro atoms. The lowest BCUT2D eigenvalue weighted by Crippen LogP contribution is -1.95. The van der Waals surface area contributed by atoms with E-state index in [1.807, 2.05) is 24.3 Å². The van der Waals surface area contributed by atoms with Gasteiger partial charge in [0, 0.05) is 12.7 Å². The summed E-state index contributed by atoms with van der Waals surface area (Å²) in [6, 6.07) is 5.62. The number of rotatable bonds is 6. The highest BCUT2D eigenvalue weighted by atomic mass is 16.5. The van der Waals surface area contributed by atoms with Crippen molar-refractivity contribution in [3.63, 3.8) is 0 Å². The average Bonchev–Trinajstić information content (AvgIpc) is 2.39. The second-order valence-electron chi connectivity index (χ2n) is 3.30. The number of hydrogen-bond donors (Lipinski definition) is 0. The second kappa shape index (κ2) is 6.81. The third-order valence-electron chi connectivity index (χ3n) is 2.32. The Morgan fingerprint density at radius 1 is 1.06 bits per heavy atom. The van der Waals surface area contributed by atoms with Crippen molar-refractivity contribution in [2.45, 2.75) is 0 Å². The van der Waals surface area contributed by atoms with Gasteiger partial charge in [-0.15, -0.1) is 0 Å². The molecule has 1 aromatic rings. The maximum Gasteiger partial charge on any atom is 0.161 e. The van der Waals surface area contributed by atoms with Crippen LogP contribution in [0.2, 0.25) is 0 Å². The largest absolute Gasteiger partial charge is 0.496 e. The molecule has 1 aromatic carbocycles. The van der Waals surface area contributed by atoms with Gasteiger partial charge in [0.25, 0.3) is 0 Å². The zero-order valence-electron chi connectivity index (χ0n) is 10.6. The Kier molecular flexibility index (Phi) is 5.36. The summed E-state index contributed by atoms with van der Waals surface area (Å²) in [5, 5.41) is 0. The van der Waals surface area contributed by atoms with E-state index >= 15 is 0 Å². The lowest BCUT2D eigenvalue weighted by atomic mass is 10.1. The minimum absolute atomic E-state index is 0.498. The Balaban J connectivity index is 3.04. The molecule has 0 saturated heterocycles. The van der Waals surface area contributed by atoms with Crippen molar-refractivity contribution in [1.29, 1.82) is 0 Å². The van der Waals surface area contributed by atoms with Gasteiger partial charge in [-0.25, -0.2) is 0 Å². The first-order valence-corrected chi connectivity index (χ1v) is 5.22. The Bertz CT molecular complexity index is 385. The highest BCUT2D eigenvalue weighted by Gasteiger charge is 2.07. The van der Waals surface area contributed by atoms with E-state index in [1.165, 1.54) is 0 Å². The highest BCUT2D eigenvalue weighted by Crippen LogP contribution is 2.30. The normalized spacial score (nSPS) is 11.2. The maximum atomic E-state index is 5.30. The van der Waals surface area contributed by atoms with Gasteiger partial charge in [-0.05, 0) is 24.3 Å². The molecule has 0 saturated carbocycles. The fraction of sp³-hybridized carbons (Fsp3) is 0.385. The van der Waals surface area contributed by atoms with Gasteiger partial charge < -0.3 is 18.9 Å². The molecule has 0 aliphatic heterocycles. The van der Waals surface area contributed by atoms with Gasteiger partial charge in [0.1, 0.15) is 5.76 Å². The van der Waals surface area contributed by atoms with Crippen molar-refractivity contribution in [1.82, 2.24) is 0 Å². The van der Waals surface area contributed by atoms with Crippen molar-refractivity contribution < 1.29 is 18.9 Å². The third kappa shape index (κ3) is 3.39. The third-order valence-corrected chi connectivity index (χ3v) is 2.32. The number of methoxy groups -OCH3 is 4. The first kappa shape index (κ1) is 13.4. The predicted molar refractivity (Wildman–Crippen MR) is 66.4 cm³/mol. The second-order valence-corrected chi connectivity index (χ2v) is 3.30. The first-order chi connectivity index (χ1) is 8.26. The first-order valence-electron chi connectivity index (χ1n) is 5.22. The molecule has 0 aliphatic rings. The van der Waals surface area contributed by atoms with Gasteiger partial charge in [0.2, 0.25) is 0 Å². The molecule has 0 bridgehead atoms. The molecule has 4 heteroatoms. The smallest absolute Gasteiger partial charge is 0.161 e. The van der Waals surface area contributed by atoms with Crippen LogP contribution in [0.5, 0.6) is 11.5 Å². The van der Waals surface area contributed by atoms with Crippen LogP contribution < -0.4 is 9.47 Å². The molecule has 0 aliphatic carbocycles. The fourth-order valence-corrected chi connectivity index (χ4v) is 1.47. The summed E-state index contributed by atoms with van der Waals surface area (Å²) in [7, 11) is 6.47. The molecule has 0 N–H and O–H groups in total. The van der Waals surface area contributed by atoms with E-state index in [2.05, 4.69) is 0 Å². The quantitative estimate of drug-likeness (QED) is 0.713. The minimum atomic E-state index is 0.498. The van der Waals surface area contributed by atoms with Crippen LogP contribution in [-0.4, -0.2) is 35.0 Å². The highest BCUT2D eigenvalue weighted by molar-refractivity contribution is 5.63. The van der Waals surface area contributed by atoms with Crippen LogP contribution in [-0.2, 0) is 9.47 Å². The average molecular weight is 238 g/mol. The van der Waals surface area contributed by atoms with Crippen LogP contribution in [0, 0.1) is 0 Å². The molecule has 0 heterocycles. The van der Waals surface area contributed by atoms with Crippen molar-refractivity contribution >= 4 is 5.76 Å². The summed E-state index contributed by atoms with van der Waals surface area (Å²) < 4.78 is 20.7. The fourth-order valence-electron chi connectivity index (χ4n) is 1.47. The molecule has 0 radical (unpaired) electrons. The summed E-state index contributed by atoms with van der Waals surface area (Å²) in [5.41, 5.74) is 0.919. The van der Waals surface area contributed by atoms with E-state index in [4.69, 9.17) is 18.9 Å². The minimum Gasteiger partial charge on any atom is -0.496 e. The van der Waals surface area contributed by atoms with Crippen molar-refractivity contribution in [3.05, 3.63) is 29.8 Å². The summed E-state index contributed by atoms with van der Waals surface area (Å²) in [5.74, 6) is 2.11. The molecule has 1 rings (SSSR count). The maximum absolute atomic E-state index is 5.30. The van der Waals surface area contributed by atoms with Gasteiger partial charge in [-0.3, -0.25) is 0 Å². The zero-order valence-corrected chi connectivity index (χ0v) is 10.6. The molecule has 94 valence electrons. The molecule has 0 fully saturated rings. The SMILES string of the molecule is COC/C=C(\OC)c1ccc(OC)c(OC)c1. The van der Waals surface area contributed by atoms with Gasteiger partial charge >= 0.3 is 0 Å². The molecule has 0 amide bonds. The van der Waals surface area contributed by atoms with Crippen molar-refractivity contribution in [2.75, 3.05) is 35.0 Å². The lowest BCUT2D eigenvalue weighted by molar-refractivity contribution is 0.231. The van der Waals surface area contributed by atoms with E-state index in [1.54, 1.807) is 28.4 Å². The van der Waals surface area contributed by atoms with Crippen molar-refractivity contribution in [3.8, 4) is 11.5 Å². The number of ether oxygens (including phenoxy) is 4. The van der Waals surface area contributed by atoms with Crippen LogP contribution in [0.15, 0.2) is 24.3 Å². The van der Waals surface area contributed by atoms with Crippen LogP contribution in [0.4, 0.5) is 0 Å². The molecule has 4 nitrogen and oxygen atoms in total. The monoisotopic (exact) mass is 238 g/mol. The van der Waals surface area contributed by atoms with Crippen LogP contribution in [0.1, 0.15) is 5.56 Å². The molecule has 17 heavy (non-hydrogen) atoms. The van der Waals surface area contributed by atoms with E-state index in [-0.39, 0.29) is 0 Å². The van der Waals surface area contributed by atoms with Gasteiger partial charge in [0.15, 0.2) is 11.5 Å². The zero-order chi connectivity index (χ0) is 12.7. The standard InChI is InChI=1S/C13H18O4/c1-14-8-7-11(15-2)10-5-6-12(16-3)13(9-10)17-4/h5-7,9H,8H2,1-4H3/b11-7-. The van der Waals surface area contributed by atoms with Gasteiger partial charge in [-0.2, -0.15) is 0 Å². The van der Waals surface area contributed by atoms with E-state index in [0.29, 0.717) is 18.1 Å². The summed E-state index contributed by atoms with van der Waals surface area (Å²) in [4.78, 5) is 0. The topological polar surface area (TPSA) is 36.9 Å². The van der Waals surface area contributed by atoms with Crippen molar-refractivity contribution in [2.24, 2.45) is 0 Å². The number of benzene rings is 1. The van der Waals surface area contributed by atoms with E-state index < -0.39 is 0 Å². The van der Waals surface area contributed by atoms with Crippen LogP contribution in [0.3, 0.4) is 0 Å². The van der Waals surface area contributed by atoms with E-state index in [9.17, 15) is 0 Å². The molecule has 0 aromatic heterocycles. The summed E-state index contributed by atoms with van der Waals surface area (Å²) in [6.07, 6.45) is 1.86. The molecular weight excluding hydrogens is 220 g/mol. The molecular formula is C13H18O4. The van der Waals surface area contributed by atoms with Gasteiger partial charge in [-0.1, -0.05) is 0 Å². The lowest BCUT2D eigenvalue weighted by Gasteiger charge is -2.11. The predicted octanol–water partition coefficient (Wildman–Crippen LogP) is 2.34. The van der Waals surface area contributed by atoms with E-state index in [0.717, 1.165) is 11.3 Å². The van der Waals surface area contributed by atoms with Crippen LogP contribution >= 0.6 is 0 Å². The summed E-state index contributed by atoms with van der Waals surface area (Å²) in [6.45, 7) is 0.498. The Labute approximate surface area is 102 Å². The Morgan fingerprint density at radius 3 is 2.29 bits per heavy atom. The Hall–Kier alpha value is -1.68. The molecule has 0 atom stereocenters.